The quantitative estimate of drug-likeness (QED) is 0.365. The molecular formula is C23H28O10. The van der Waals surface area contributed by atoms with E-state index >= 15 is 0 Å². The summed E-state index contributed by atoms with van der Waals surface area (Å²) in [6, 6.07) is 9.76. The minimum atomic E-state index is -0.771. The Kier molecular flexibility index (Phi) is 5.46. The molecule has 1 unspecified atom stereocenters. The maximum Gasteiger partial charge on any atom is 0.304 e. The fraction of sp³-hybridized carbons (Fsp3) is 0.696. The Morgan fingerprint density at radius 1 is 1.12 bits per heavy atom. The first-order chi connectivity index (χ1) is 16.1. The van der Waals surface area contributed by atoms with Gasteiger partial charge in [0, 0.05) is 44.5 Å². The summed E-state index contributed by atoms with van der Waals surface area (Å²) in [6.07, 6.45) is -3.43. The molecule has 0 aromatic heterocycles. The lowest BCUT2D eigenvalue weighted by Crippen LogP contribution is -2.66. The van der Waals surface area contributed by atoms with Crippen LogP contribution in [0.1, 0.15) is 25.2 Å². The van der Waals surface area contributed by atoms with Crippen molar-refractivity contribution < 1.29 is 47.7 Å². The van der Waals surface area contributed by atoms with Crippen molar-refractivity contribution in [2.45, 2.75) is 57.0 Å². The molecule has 5 fully saturated rings. The summed E-state index contributed by atoms with van der Waals surface area (Å²) in [5.74, 6) is -0.982. The second-order valence-electron chi connectivity index (χ2n) is 9.19. The van der Waals surface area contributed by atoms with Crippen molar-refractivity contribution in [3.63, 3.8) is 0 Å². The van der Waals surface area contributed by atoms with Crippen molar-refractivity contribution in [2.75, 3.05) is 20.8 Å². The van der Waals surface area contributed by atoms with Gasteiger partial charge >= 0.3 is 5.97 Å². The predicted molar refractivity (Wildman–Crippen MR) is 107 cm³/mol. The minimum absolute atomic E-state index is 0.119. The van der Waals surface area contributed by atoms with Crippen LogP contribution in [0.5, 0.6) is 0 Å². The molecule has 33 heavy (non-hydrogen) atoms. The van der Waals surface area contributed by atoms with Gasteiger partial charge in [-0.3, -0.25) is 4.79 Å². The predicted octanol–water partition coefficient (Wildman–Crippen LogP) is 1.89. The SMILES string of the molecule is COC(OC(C)=O)[C@H]1C[C@H]2[C@@H]3OO[C@H](O3)[C@]23[C@@H](OC)O[C@@H]2CO[C@@H](c4ccccc4)O[C@H]2[C@H]13. The Balaban J connectivity index is 1.41. The van der Waals surface area contributed by atoms with Crippen molar-refractivity contribution >= 4 is 5.97 Å². The lowest BCUT2D eigenvalue weighted by Gasteiger charge is -2.55. The second kappa shape index (κ2) is 8.24. The number of esters is 1. The third-order valence-electron chi connectivity index (χ3n) is 7.71. The topological polar surface area (TPSA) is 100 Å². The highest BCUT2D eigenvalue weighted by Gasteiger charge is 2.79. The van der Waals surface area contributed by atoms with Gasteiger partial charge in [0.15, 0.2) is 18.9 Å². The molecular weight excluding hydrogens is 436 g/mol. The van der Waals surface area contributed by atoms with Gasteiger partial charge in [-0.05, 0) is 6.42 Å². The third-order valence-corrected chi connectivity index (χ3v) is 7.71. The average molecular weight is 464 g/mol. The molecule has 0 amide bonds. The fourth-order valence-electron chi connectivity index (χ4n) is 6.60. The normalized spacial score (nSPS) is 46.3. The summed E-state index contributed by atoms with van der Waals surface area (Å²) in [5, 5.41) is 0. The molecule has 4 saturated heterocycles. The van der Waals surface area contributed by atoms with E-state index in [4.69, 9.17) is 42.9 Å². The van der Waals surface area contributed by atoms with Crippen molar-refractivity contribution in [3.05, 3.63) is 35.9 Å². The summed E-state index contributed by atoms with van der Waals surface area (Å²) in [7, 11) is 3.14. The van der Waals surface area contributed by atoms with Crippen LogP contribution in [0.15, 0.2) is 30.3 Å². The molecule has 1 aliphatic carbocycles. The summed E-state index contributed by atoms with van der Waals surface area (Å²) < 4.78 is 42.2. The van der Waals surface area contributed by atoms with Crippen molar-refractivity contribution in [1.82, 2.24) is 0 Å². The van der Waals surface area contributed by atoms with Gasteiger partial charge in [0.1, 0.15) is 6.10 Å². The van der Waals surface area contributed by atoms with Gasteiger partial charge in [0.05, 0.1) is 18.1 Å². The van der Waals surface area contributed by atoms with E-state index in [0.29, 0.717) is 13.0 Å². The standard InChI is InChI=1S/C23H28O10/c1-11(24)28-19(25-2)13-9-14-20-31-22(33-32-20)23(14)16(13)17-15(29-21(23)26-3)10-27-18(30-17)12-7-5-4-6-8-12/h4-8,13-22H,9-10H2,1-3H3/t13-,14-,15+,16-,17+,18+,19?,20-,21-,22-,23+/m0/s1. The van der Waals surface area contributed by atoms with E-state index in [-0.39, 0.29) is 23.9 Å². The van der Waals surface area contributed by atoms with Crippen molar-refractivity contribution in [3.8, 4) is 0 Å². The number of methoxy groups -OCH3 is 2. The Morgan fingerprint density at radius 3 is 2.67 bits per heavy atom. The lowest BCUT2D eigenvalue weighted by atomic mass is 9.65. The van der Waals surface area contributed by atoms with E-state index < -0.39 is 48.9 Å². The first-order valence-corrected chi connectivity index (χ1v) is 11.3. The van der Waals surface area contributed by atoms with Gasteiger partial charge in [-0.2, -0.15) is 0 Å². The van der Waals surface area contributed by atoms with Gasteiger partial charge in [0.2, 0.25) is 12.6 Å². The molecule has 10 heteroatoms. The molecule has 1 saturated carbocycles. The van der Waals surface area contributed by atoms with Crippen LogP contribution in [0.25, 0.3) is 0 Å². The van der Waals surface area contributed by atoms with Gasteiger partial charge in [-0.15, -0.1) is 0 Å². The molecule has 6 rings (SSSR count). The maximum atomic E-state index is 11.9. The molecule has 4 heterocycles. The van der Waals surface area contributed by atoms with Crippen molar-refractivity contribution in [2.24, 2.45) is 23.2 Å². The maximum absolute atomic E-state index is 11.9. The van der Waals surface area contributed by atoms with Gasteiger partial charge in [-0.1, -0.05) is 30.3 Å². The first kappa shape index (κ1) is 21.9. The number of ether oxygens (including phenoxy) is 7. The number of carbonyl (C=O) groups excluding carboxylic acids is 1. The highest BCUT2D eigenvalue weighted by molar-refractivity contribution is 5.66. The van der Waals surface area contributed by atoms with Crippen LogP contribution in [0, 0.1) is 23.2 Å². The minimum Gasteiger partial charge on any atom is -0.436 e. The Bertz CT molecular complexity index is 881. The Labute approximate surface area is 191 Å². The van der Waals surface area contributed by atoms with Gasteiger partial charge < -0.3 is 33.2 Å². The van der Waals surface area contributed by atoms with Crippen LogP contribution < -0.4 is 0 Å². The summed E-state index contributed by atoms with van der Waals surface area (Å²) in [5.41, 5.74) is 0.191. The smallest absolute Gasteiger partial charge is 0.304 e. The second-order valence-corrected chi connectivity index (χ2v) is 9.19. The molecule has 5 aliphatic rings. The van der Waals surface area contributed by atoms with E-state index in [1.807, 2.05) is 30.3 Å². The lowest BCUT2D eigenvalue weighted by molar-refractivity contribution is -0.428. The first-order valence-electron chi connectivity index (χ1n) is 11.3. The average Bonchev–Trinajstić information content (AvgIpc) is 3.53. The van der Waals surface area contributed by atoms with Gasteiger partial charge in [0.25, 0.3) is 0 Å². The van der Waals surface area contributed by atoms with Crippen LogP contribution in [0.3, 0.4) is 0 Å². The third kappa shape index (κ3) is 3.13. The molecule has 10 nitrogen and oxygen atoms in total. The Hall–Kier alpha value is -1.63. The molecule has 11 atom stereocenters. The van der Waals surface area contributed by atoms with Crippen molar-refractivity contribution in [1.29, 1.82) is 0 Å². The Morgan fingerprint density at radius 2 is 1.94 bits per heavy atom. The molecule has 4 aliphatic heterocycles. The molecule has 1 aromatic carbocycles. The summed E-state index contributed by atoms with van der Waals surface area (Å²) in [4.78, 5) is 22.9. The fourth-order valence-corrected chi connectivity index (χ4v) is 6.60. The summed E-state index contributed by atoms with van der Waals surface area (Å²) in [6.45, 7) is 1.70. The number of benzene rings is 1. The monoisotopic (exact) mass is 464 g/mol. The van der Waals surface area contributed by atoms with E-state index in [1.165, 1.54) is 14.0 Å². The van der Waals surface area contributed by atoms with Crippen LogP contribution in [0.4, 0.5) is 0 Å². The van der Waals surface area contributed by atoms with Gasteiger partial charge in [-0.25, -0.2) is 9.78 Å². The van der Waals surface area contributed by atoms with E-state index in [2.05, 4.69) is 0 Å². The molecule has 0 N–H and O–H groups in total. The number of fused-ring (bicyclic) bond motifs is 5. The zero-order valence-corrected chi connectivity index (χ0v) is 18.7. The van der Waals surface area contributed by atoms with E-state index in [9.17, 15) is 4.79 Å². The molecule has 1 aromatic rings. The molecule has 2 bridgehead atoms. The number of hydrogen-bond acceptors (Lipinski definition) is 10. The summed E-state index contributed by atoms with van der Waals surface area (Å²) >= 11 is 0. The molecule has 1 spiro atoms. The molecule has 0 radical (unpaired) electrons. The number of hydrogen-bond donors (Lipinski definition) is 0. The van der Waals surface area contributed by atoms with Crippen LogP contribution in [-0.2, 0) is 47.7 Å². The van der Waals surface area contributed by atoms with E-state index in [1.54, 1.807) is 7.11 Å². The van der Waals surface area contributed by atoms with Crippen LogP contribution >= 0.6 is 0 Å². The largest absolute Gasteiger partial charge is 0.436 e. The highest BCUT2D eigenvalue weighted by Crippen LogP contribution is 2.69. The zero-order valence-electron chi connectivity index (χ0n) is 18.7. The van der Waals surface area contributed by atoms with Crippen LogP contribution in [0.2, 0.25) is 0 Å². The van der Waals surface area contributed by atoms with Crippen LogP contribution in [-0.4, -0.2) is 64.2 Å². The zero-order chi connectivity index (χ0) is 22.7. The number of carbonyl (C=O) groups is 1. The highest BCUT2D eigenvalue weighted by atomic mass is 17.3. The number of rotatable bonds is 5. The molecule has 180 valence electrons. The van der Waals surface area contributed by atoms with E-state index in [0.717, 1.165) is 5.56 Å².